The number of hydrogen-bond acceptors (Lipinski definition) is 2. The fourth-order valence-corrected chi connectivity index (χ4v) is 0.547. The SMILES string of the molecule is CNC(=O)OCC1(F)CC1.[HH]. The van der Waals surface area contributed by atoms with Gasteiger partial charge in [-0.1, -0.05) is 0 Å². The number of amides is 1. The summed E-state index contributed by atoms with van der Waals surface area (Å²) in [7, 11) is 1.44. The predicted octanol–water partition coefficient (Wildman–Crippen LogP) is 1.09. The lowest BCUT2D eigenvalue weighted by atomic mass is 10.4. The van der Waals surface area contributed by atoms with E-state index < -0.39 is 11.8 Å². The van der Waals surface area contributed by atoms with Crippen molar-refractivity contribution in [3.63, 3.8) is 0 Å². The summed E-state index contributed by atoms with van der Waals surface area (Å²) < 4.78 is 17.2. The van der Waals surface area contributed by atoms with Gasteiger partial charge >= 0.3 is 6.09 Å². The van der Waals surface area contributed by atoms with E-state index in [1.54, 1.807) is 0 Å². The molecule has 0 bridgehead atoms. The summed E-state index contributed by atoms with van der Waals surface area (Å²) in [6.07, 6.45) is 0.470. The van der Waals surface area contributed by atoms with E-state index in [1.807, 2.05) is 0 Å². The Balaban J connectivity index is 0.000001000. The van der Waals surface area contributed by atoms with E-state index in [-0.39, 0.29) is 8.03 Å². The van der Waals surface area contributed by atoms with Gasteiger partial charge in [-0.2, -0.15) is 0 Å². The number of alkyl halides is 1. The molecule has 0 spiro atoms. The molecule has 0 aliphatic heterocycles. The van der Waals surface area contributed by atoms with Gasteiger partial charge in [0.25, 0.3) is 0 Å². The van der Waals surface area contributed by atoms with Crippen LogP contribution in [0.4, 0.5) is 9.18 Å². The highest BCUT2D eigenvalue weighted by Gasteiger charge is 2.44. The molecule has 60 valence electrons. The maximum absolute atomic E-state index is 12.7. The van der Waals surface area contributed by atoms with Gasteiger partial charge in [0, 0.05) is 8.47 Å². The molecule has 4 heteroatoms. The average Bonchev–Trinajstić information content (AvgIpc) is 2.64. The maximum atomic E-state index is 12.7. The molecule has 0 aromatic rings. The smallest absolute Gasteiger partial charge is 0.406 e. The minimum absolute atomic E-state index is 0. The van der Waals surface area contributed by atoms with Crippen LogP contribution in [0.3, 0.4) is 0 Å². The third-order valence-electron chi connectivity index (χ3n) is 1.46. The molecule has 0 heterocycles. The molecule has 1 N–H and O–H groups in total. The minimum Gasteiger partial charge on any atom is -0.446 e. The summed E-state index contributed by atoms with van der Waals surface area (Å²) in [5.41, 5.74) is -1.20. The van der Waals surface area contributed by atoms with Gasteiger partial charge < -0.3 is 10.1 Å². The molecule has 1 amide bonds. The Morgan fingerprint density at radius 1 is 1.90 bits per heavy atom. The molecule has 1 rings (SSSR count). The first-order valence-corrected chi connectivity index (χ1v) is 3.20. The molecule has 3 nitrogen and oxygen atoms in total. The first-order chi connectivity index (χ1) is 4.66. The van der Waals surface area contributed by atoms with Gasteiger partial charge in [0.1, 0.15) is 12.3 Å². The number of rotatable bonds is 2. The van der Waals surface area contributed by atoms with Crippen molar-refractivity contribution in [1.82, 2.24) is 5.32 Å². The lowest BCUT2D eigenvalue weighted by Gasteiger charge is -2.05. The lowest BCUT2D eigenvalue weighted by molar-refractivity contribution is 0.104. The number of hydrogen-bond donors (Lipinski definition) is 1. The molecule has 0 aromatic heterocycles. The van der Waals surface area contributed by atoms with Crippen LogP contribution in [0, 0.1) is 0 Å². The fraction of sp³-hybridized carbons (Fsp3) is 0.833. The summed E-state index contributed by atoms with van der Waals surface area (Å²) in [5.74, 6) is 0. The summed E-state index contributed by atoms with van der Waals surface area (Å²) in [5, 5.41) is 2.24. The van der Waals surface area contributed by atoms with Gasteiger partial charge in [0.15, 0.2) is 0 Å². The van der Waals surface area contributed by atoms with Crippen LogP contribution in [0.2, 0.25) is 0 Å². The molecule has 0 radical (unpaired) electrons. The normalized spacial score (nSPS) is 19.8. The van der Waals surface area contributed by atoms with Crippen molar-refractivity contribution in [2.24, 2.45) is 0 Å². The van der Waals surface area contributed by atoms with E-state index >= 15 is 0 Å². The number of halogens is 1. The molecule has 0 aromatic carbocycles. The zero-order valence-electron chi connectivity index (χ0n) is 5.82. The first kappa shape index (κ1) is 7.31. The second kappa shape index (κ2) is 2.44. The Hall–Kier alpha value is -0.800. The van der Waals surface area contributed by atoms with Crippen molar-refractivity contribution in [1.29, 1.82) is 0 Å². The molecule has 0 unspecified atom stereocenters. The molecule has 0 atom stereocenters. The first-order valence-electron chi connectivity index (χ1n) is 3.20. The van der Waals surface area contributed by atoms with E-state index in [2.05, 4.69) is 10.1 Å². The zero-order chi connectivity index (χ0) is 7.61. The minimum atomic E-state index is -1.20. The summed E-state index contributed by atoms with van der Waals surface area (Å²) >= 11 is 0. The highest BCUT2D eigenvalue weighted by Crippen LogP contribution is 2.39. The van der Waals surface area contributed by atoms with Crippen LogP contribution >= 0.6 is 0 Å². The van der Waals surface area contributed by atoms with Crippen molar-refractivity contribution >= 4 is 6.09 Å². The monoisotopic (exact) mass is 149 g/mol. The Kier molecular flexibility index (Phi) is 1.78. The second-order valence-electron chi connectivity index (χ2n) is 2.48. The zero-order valence-corrected chi connectivity index (χ0v) is 5.82. The van der Waals surface area contributed by atoms with E-state index in [0.717, 1.165) is 0 Å². The van der Waals surface area contributed by atoms with E-state index in [4.69, 9.17) is 0 Å². The van der Waals surface area contributed by atoms with E-state index in [1.165, 1.54) is 7.05 Å². The second-order valence-corrected chi connectivity index (χ2v) is 2.48. The molecule has 1 saturated carbocycles. The van der Waals surface area contributed by atoms with Crippen LogP contribution in [0.15, 0.2) is 0 Å². The van der Waals surface area contributed by atoms with Gasteiger partial charge in [0.2, 0.25) is 0 Å². The lowest BCUT2D eigenvalue weighted by Crippen LogP contribution is -2.23. The molecular formula is C6H12FNO2. The van der Waals surface area contributed by atoms with Gasteiger partial charge in [-0.15, -0.1) is 0 Å². The van der Waals surface area contributed by atoms with Crippen molar-refractivity contribution < 1.29 is 15.3 Å². The Morgan fingerprint density at radius 3 is 2.90 bits per heavy atom. The summed E-state index contributed by atoms with van der Waals surface area (Å²) in [6.45, 7) is -0.104. The summed E-state index contributed by atoms with van der Waals surface area (Å²) in [4.78, 5) is 10.4. The maximum Gasteiger partial charge on any atom is 0.406 e. The van der Waals surface area contributed by atoms with E-state index in [0.29, 0.717) is 12.8 Å². The van der Waals surface area contributed by atoms with E-state index in [9.17, 15) is 9.18 Å². The van der Waals surface area contributed by atoms with Crippen LogP contribution in [0.1, 0.15) is 14.3 Å². The molecule has 0 saturated heterocycles. The van der Waals surface area contributed by atoms with Crippen molar-refractivity contribution in [3.8, 4) is 0 Å². The van der Waals surface area contributed by atoms with Crippen LogP contribution in [0.5, 0.6) is 0 Å². The standard InChI is InChI=1S/C6H10FNO2.H2/c1-8-5(9)10-4-6(7)2-3-6;/h2-4H2,1H3,(H,8,9);1H. The molecular weight excluding hydrogens is 137 g/mol. The Morgan fingerprint density at radius 2 is 2.50 bits per heavy atom. The number of ether oxygens (including phenoxy) is 1. The van der Waals surface area contributed by atoms with Crippen molar-refractivity contribution in [2.45, 2.75) is 18.5 Å². The van der Waals surface area contributed by atoms with Gasteiger partial charge in [-0.3, -0.25) is 0 Å². The highest BCUT2D eigenvalue weighted by molar-refractivity contribution is 5.66. The number of alkyl carbamates (subject to hydrolysis) is 1. The van der Waals surface area contributed by atoms with Gasteiger partial charge in [0.05, 0.1) is 0 Å². The topological polar surface area (TPSA) is 38.3 Å². The largest absolute Gasteiger partial charge is 0.446 e. The predicted molar refractivity (Wildman–Crippen MR) is 35.6 cm³/mol. The molecule has 1 aliphatic carbocycles. The fourth-order valence-electron chi connectivity index (χ4n) is 0.547. The molecule has 1 aliphatic rings. The van der Waals surface area contributed by atoms with Gasteiger partial charge in [-0.05, 0) is 12.8 Å². The highest BCUT2D eigenvalue weighted by atomic mass is 19.1. The van der Waals surface area contributed by atoms with Crippen LogP contribution < -0.4 is 5.32 Å². The molecule has 1 fully saturated rings. The van der Waals surface area contributed by atoms with Crippen molar-refractivity contribution in [2.75, 3.05) is 13.7 Å². The third-order valence-corrected chi connectivity index (χ3v) is 1.46. The third kappa shape index (κ3) is 1.86. The number of carbonyl (C=O) groups is 1. The van der Waals surface area contributed by atoms with Gasteiger partial charge in [-0.25, -0.2) is 9.18 Å². The quantitative estimate of drug-likeness (QED) is 0.638. The number of carbonyl (C=O) groups excluding carboxylic acids is 1. The average molecular weight is 149 g/mol. The van der Waals surface area contributed by atoms with Crippen LogP contribution in [0.25, 0.3) is 0 Å². The van der Waals surface area contributed by atoms with Crippen LogP contribution in [-0.4, -0.2) is 25.4 Å². The molecule has 10 heavy (non-hydrogen) atoms. The van der Waals surface area contributed by atoms with Crippen molar-refractivity contribution in [3.05, 3.63) is 0 Å². The Labute approximate surface area is 60.0 Å². The Bertz CT molecular complexity index is 150. The summed E-state index contributed by atoms with van der Waals surface area (Å²) in [6, 6.07) is 0. The number of nitrogens with one attached hydrogen (secondary N) is 1. The van der Waals surface area contributed by atoms with Crippen LogP contribution in [-0.2, 0) is 4.74 Å².